The molecule has 1 atom stereocenters. The van der Waals surface area contributed by atoms with Crippen molar-refractivity contribution in [1.29, 1.82) is 0 Å². The second-order valence-electron chi connectivity index (χ2n) is 4.18. The third-order valence-electron chi connectivity index (χ3n) is 2.86. The first-order chi connectivity index (χ1) is 7.80. The van der Waals surface area contributed by atoms with Gasteiger partial charge in [0.1, 0.15) is 0 Å². The Morgan fingerprint density at radius 1 is 1.38 bits per heavy atom. The van der Waals surface area contributed by atoms with E-state index in [1.165, 1.54) is 0 Å². The first kappa shape index (κ1) is 11.8. The van der Waals surface area contributed by atoms with Crippen LogP contribution in [0.25, 0.3) is 0 Å². The third-order valence-corrected chi connectivity index (χ3v) is 2.86. The van der Waals surface area contributed by atoms with Crippen LogP contribution in [0.4, 0.5) is 0 Å². The van der Waals surface area contributed by atoms with Crippen LogP contribution in [0.3, 0.4) is 0 Å². The summed E-state index contributed by atoms with van der Waals surface area (Å²) in [5.41, 5.74) is 1.13. The molecule has 2 fully saturated rings. The molecule has 2 aliphatic rings. The third kappa shape index (κ3) is 2.54. The van der Waals surface area contributed by atoms with Crippen LogP contribution in [-0.4, -0.2) is 31.7 Å². The summed E-state index contributed by atoms with van der Waals surface area (Å²) < 4.78 is 17.0. The Morgan fingerprint density at radius 2 is 2.06 bits per heavy atom. The lowest BCUT2D eigenvalue weighted by Gasteiger charge is -2.28. The van der Waals surface area contributed by atoms with Crippen molar-refractivity contribution in [2.75, 3.05) is 19.8 Å². The Morgan fingerprint density at radius 3 is 2.56 bits per heavy atom. The highest BCUT2D eigenvalue weighted by molar-refractivity contribution is 5.27. The van der Waals surface area contributed by atoms with E-state index in [1.54, 1.807) is 0 Å². The lowest BCUT2D eigenvalue weighted by Crippen LogP contribution is -2.34. The van der Waals surface area contributed by atoms with Gasteiger partial charge in [-0.1, -0.05) is 25.2 Å². The van der Waals surface area contributed by atoms with E-state index in [0.29, 0.717) is 19.3 Å². The van der Waals surface area contributed by atoms with Crippen LogP contribution in [0.15, 0.2) is 23.8 Å². The van der Waals surface area contributed by atoms with Crippen molar-refractivity contribution in [2.45, 2.75) is 38.6 Å². The van der Waals surface area contributed by atoms with Gasteiger partial charge < -0.3 is 14.2 Å². The molecule has 0 amide bonds. The summed E-state index contributed by atoms with van der Waals surface area (Å²) in [5.74, 6) is -0.552. The smallest absolute Gasteiger partial charge is 0.197 e. The number of ether oxygens (including phenoxy) is 3. The summed E-state index contributed by atoms with van der Waals surface area (Å²) in [6.45, 7) is 6.32. The standard InChI is InChI=1S/C13H20O3/c1-3-5-11(6-4-2)13(9-12-10-14-12)15-7-8-16-13/h3,5-6,12H,4,7-10H2,1-2H3/b5-3-,11-6+. The average molecular weight is 224 g/mol. The molecule has 0 bridgehead atoms. The van der Waals surface area contributed by atoms with Gasteiger partial charge in [0, 0.05) is 12.0 Å². The van der Waals surface area contributed by atoms with Gasteiger partial charge >= 0.3 is 0 Å². The predicted molar refractivity (Wildman–Crippen MR) is 62.2 cm³/mol. The molecule has 2 heterocycles. The summed E-state index contributed by atoms with van der Waals surface area (Å²) in [7, 11) is 0. The Balaban J connectivity index is 2.17. The van der Waals surface area contributed by atoms with Crippen molar-refractivity contribution in [3.05, 3.63) is 23.8 Å². The average Bonchev–Trinajstić information content (AvgIpc) is 2.94. The van der Waals surface area contributed by atoms with E-state index in [4.69, 9.17) is 14.2 Å². The van der Waals surface area contributed by atoms with Crippen LogP contribution < -0.4 is 0 Å². The molecule has 2 aliphatic heterocycles. The summed E-state index contributed by atoms with van der Waals surface area (Å²) in [6, 6.07) is 0. The van der Waals surface area contributed by atoms with Gasteiger partial charge in [-0.05, 0) is 13.3 Å². The van der Waals surface area contributed by atoms with Crippen molar-refractivity contribution >= 4 is 0 Å². The topological polar surface area (TPSA) is 31.0 Å². The molecule has 3 heteroatoms. The van der Waals surface area contributed by atoms with Crippen molar-refractivity contribution in [3.8, 4) is 0 Å². The zero-order chi connectivity index (χ0) is 11.4. The first-order valence-corrected chi connectivity index (χ1v) is 6.03. The van der Waals surface area contributed by atoms with E-state index >= 15 is 0 Å². The van der Waals surface area contributed by atoms with Crippen LogP contribution in [-0.2, 0) is 14.2 Å². The fraction of sp³-hybridized carbons (Fsp3) is 0.692. The van der Waals surface area contributed by atoms with Crippen molar-refractivity contribution in [2.24, 2.45) is 0 Å². The molecule has 0 aromatic rings. The van der Waals surface area contributed by atoms with E-state index in [1.807, 2.05) is 13.0 Å². The van der Waals surface area contributed by atoms with E-state index in [2.05, 4.69) is 19.1 Å². The Bertz CT molecular complexity index is 284. The lowest BCUT2D eigenvalue weighted by atomic mass is 9.99. The van der Waals surface area contributed by atoms with Gasteiger partial charge in [-0.25, -0.2) is 0 Å². The normalized spacial score (nSPS) is 28.9. The van der Waals surface area contributed by atoms with E-state index < -0.39 is 5.79 Å². The maximum absolute atomic E-state index is 5.84. The quantitative estimate of drug-likeness (QED) is 0.531. The number of hydrogen-bond acceptors (Lipinski definition) is 3. The molecule has 0 radical (unpaired) electrons. The SMILES string of the molecule is C/C=C\C(=C/CC)C1(CC2CO2)OCCO1. The Hall–Kier alpha value is -0.640. The minimum absolute atomic E-state index is 0.309. The van der Waals surface area contributed by atoms with Gasteiger partial charge in [0.15, 0.2) is 5.79 Å². The molecular formula is C13H20O3. The zero-order valence-corrected chi connectivity index (χ0v) is 10.1. The second-order valence-corrected chi connectivity index (χ2v) is 4.18. The van der Waals surface area contributed by atoms with Gasteiger partial charge in [-0.2, -0.15) is 0 Å². The van der Waals surface area contributed by atoms with Gasteiger partial charge in [0.2, 0.25) is 0 Å². The first-order valence-electron chi connectivity index (χ1n) is 6.03. The van der Waals surface area contributed by atoms with Crippen LogP contribution in [0.5, 0.6) is 0 Å². The highest BCUT2D eigenvalue weighted by Gasteiger charge is 2.44. The minimum Gasteiger partial charge on any atom is -0.373 e. The molecule has 3 nitrogen and oxygen atoms in total. The Labute approximate surface area is 97.1 Å². The molecule has 0 saturated carbocycles. The highest BCUT2D eigenvalue weighted by atomic mass is 16.7. The molecule has 0 spiro atoms. The maximum atomic E-state index is 5.84. The number of rotatable bonds is 5. The number of hydrogen-bond donors (Lipinski definition) is 0. The van der Waals surface area contributed by atoms with E-state index in [9.17, 15) is 0 Å². The maximum Gasteiger partial charge on any atom is 0.197 e. The summed E-state index contributed by atoms with van der Waals surface area (Å²) in [5, 5.41) is 0. The fourth-order valence-electron chi connectivity index (χ4n) is 2.09. The molecule has 0 N–H and O–H groups in total. The molecule has 0 aromatic heterocycles. The predicted octanol–water partition coefficient (Wildman–Crippen LogP) is 2.43. The van der Waals surface area contributed by atoms with Crippen molar-refractivity contribution in [3.63, 3.8) is 0 Å². The van der Waals surface area contributed by atoms with Crippen LogP contribution >= 0.6 is 0 Å². The van der Waals surface area contributed by atoms with Crippen molar-refractivity contribution < 1.29 is 14.2 Å². The molecule has 1 unspecified atom stereocenters. The van der Waals surface area contributed by atoms with Gasteiger partial charge in [-0.3, -0.25) is 0 Å². The molecule has 2 saturated heterocycles. The monoisotopic (exact) mass is 224 g/mol. The van der Waals surface area contributed by atoms with Gasteiger partial charge in [0.25, 0.3) is 0 Å². The second kappa shape index (κ2) is 5.13. The van der Waals surface area contributed by atoms with Gasteiger partial charge in [-0.15, -0.1) is 0 Å². The zero-order valence-electron chi connectivity index (χ0n) is 10.1. The minimum atomic E-state index is -0.552. The van der Waals surface area contributed by atoms with Crippen molar-refractivity contribution in [1.82, 2.24) is 0 Å². The highest BCUT2D eigenvalue weighted by Crippen LogP contribution is 2.37. The molecule has 0 aromatic carbocycles. The van der Waals surface area contributed by atoms with E-state index in [0.717, 1.165) is 25.0 Å². The fourth-order valence-corrected chi connectivity index (χ4v) is 2.09. The number of epoxide rings is 1. The largest absolute Gasteiger partial charge is 0.373 e. The Kier molecular flexibility index (Phi) is 3.79. The van der Waals surface area contributed by atoms with Crippen LogP contribution in [0, 0.1) is 0 Å². The number of allylic oxidation sites excluding steroid dienone is 2. The summed E-state index contributed by atoms with van der Waals surface area (Å²) in [6.07, 6.45) is 8.39. The molecule has 0 aliphatic carbocycles. The summed E-state index contributed by atoms with van der Waals surface area (Å²) in [4.78, 5) is 0. The lowest BCUT2D eigenvalue weighted by molar-refractivity contribution is -0.131. The molecular weight excluding hydrogens is 204 g/mol. The molecule has 16 heavy (non-hydrogen) atoms. The molecule has 2 rings (SSSR count). The van der Waals surface area contributed by atoms with Crippen LogP contribution in [0.2, 0.25) is 0 Å². The van der Waals surface area contributed by atoms with Crippen LogP contribution in [0.1, 0.15) is 26.7 Å². The summed E-state index contributed by atoms with van der Waals surface area (Å²) >= 11 is 0. The molecule has 90 valence electrons. The van der Waals surface area contributed by atoms with E-state index in [-0.39, 0.29) is 0 Å². The van der Waals surface area contributed by atoms with Gasteiger partial charge in [0.05, 0.1) is 25.9 Å².